The summed E-state index contributed by atoms with van der Waals surface area (Å²) in [6.07, 6.45) is 5.15. The Morgan fingerprint density at radius 3 is 2.42 bits per heavy atom. The van der Waals surface area contributed by atoms with Crippen molar-refractivity contribution in [3.63, 3.8) is 0 Å². The van der Waals surface area contributed by atoms with Crippen LogP contribution in [-0.4, -0.2) is 18.0 Å². The summed E-state index contributed by atoms with van der Waals surface area (Å²) in [6.45, 7) is 8.04. The number of hydrogen-bond donors (Lipinski definition) is 1. The maximum Gasteiger partial charge on any atom is 0.185 e. The molecule has 1 N–H and O–H groups in total. The van der Waals surface area contributed by atoms with Gasteiger partial charge in [0, 0.05) is 16.5 Å². The predicted molar refractivity (Wildman–Crippen MR) is 97.7 cm³/mol. The normalized spacial score (nSPS) is 11.5. The largest absolute Gasteiger partial charge is 0.508 e. The SMILES string of the molecule is C=CC(C)(C)c1ccc(OC)c(/C=C/C(=O)c2ccc(O)cc2)c1. The first-order valence-electron chi connectivity index (χ1n) is 7.71. The van der Waals surface area contributed by atoms with E-state index >= 15 is 0 Å². The molecule has 2 rings (SSSR count). The van der Waals surface area contributed by atoms with Crippen molar-refractivity contribution < 1.29 is 14.6 Å². The molecule has 0 amide bonds. The fourth-order valence-corrected chi connectivity index (χ4v) is 2.27. The molecule has 3 heteroatoms. The minimum atomic E-state index is -0.171. The van der Waals surface area contributed by atoms with Crippen molar-refractivity contribution in [2.45, 2.75) is 19.3 Å². The van der Waals surface area contributed by atoms with Crippen LogP contribution >= 0.6 is 0 Å². The van der Waals surface area contributed by atoms with E-state index in [0.717, 1.165) is 11.1 Å². The Balaban J connectivity index is 2.33. The Kier molecular flexibility index (Phi) is 5.24. The molecule has 0 unspecified atom stereocenters. The van der Waals surface area contributed by atoms with Gasteiger partial charge in [-0.2, -0.15) is 0 Å². The van der Waals surface area contributed by atoms with Crippen LogP contribution in [0, 0.1) is 0 Å². The van der Waals surface area contributed by atoms with E-state index in [1.54, 1.807) is 25.3 Å². The Morgan fingerprint density at radius 2 is 1.83 bits per heavy atom. The van der Waals surface area contributed by atoms with Crippen LogP contribution in [0.25, 0.3) is 6.08 Å². The van der Waals surface area contributed by atoms with Gasteiger partial charge in [0.2, 0.25) is 0 Å². The summed E-state index contributed by atoms with van der Waals surface area (Å²) in [5.41, 5.74) is 2.27. The summed E-state index contributed by atoms with van der Waals surface area (Å²) in [6, 6.07) is 12.1. The van der Waals surface area contributed by atoms with Crippen molar-refractivity contribution in [1.29, 1.82) is 0 Å². The number of ether oxygens (including phenoxy) is 1. The van der Waals surface area contributed by atoms with Crippen LogP contribution in [0.2, 0.25) is 0 Å². The Hall–Kier alpha value is -2.81. The fraction of sp³-hybridized carbons (Fsp3) is 0.190. The molecule has 0 spiro atoms. The third kappa shape index (κ3) is 3.93. The molecule has 0 heterocycles. The molecule has 0 fully saturated rings. The molecule has 0 aliphatic heterocycles. The Morgan fingerprint density at radius 1 is 1.17 bits per heavy atom. The molecule has 2 aromatic rings. The lowest BCUT2D eigenvalue weighted by Gasteiger charge is -2.21. The minimum Gasteiger partial charge on any atom is -0.508 e. The summed E-state index contributed by atoms with van der Waals surface area (Å²) in [7, 11) is 1.60. The number of hydrogen-bond acceptors (Lipinski definition) is 3. The molecule has 2 aromatic carbocycles. The molecule has 0 bridgehead atoms. The summed E-state index contributed by atoms with van der Waals surface area (Å²) in [5, 5.41) is 9.29. The van der Waals surface area contributed by atoms with Crippen LogP contribution in [0.4, 0.5) is 0 Å². The number of carbonyl (C=O) groups is 1. The van der Waals surface area contributed by atoms with E-state index in [1.165, 1.54) is 18.2 Å². The van der Waals surface area contributed by atoms with Gasteiger partial charge in [0.05, 0.1) is 7.11 Å². The Bertz CT molecular complexity index is 768. The summed E-state index contributed by atoms with van der Waals surface area (Å²) < 4.78 is 5.38. The minimum absolute atomic E-state index is 0.134. The van der Waals surface area contributed by atoms with Crippen molar-refractivity contribution in [2.75, 3.05) is 7.11 Å². The van der Waals surface area contributed by atoms with Gasteiger partial charge in [-0.1, -0.05) is 26.0 Å². The number of methoxy groups -OCH3 is 1. The second kappa shape index (κ2) is 7.18. The molecule has 0 aliphatic carbocycles. The van der Waals surface area contributed by atoms with E-state index in [0.29, 0.717) is 11.3 Å². The number of benzene rings is 2. The smallest absolute Gasteiger partial charge is 0.185 e. The van der Waals surface area contributed by atoms with Gasteiger partial charge in [-0.15, -0.1) is 6.58 Å². The zero-order valence-corrected chi connectivity index (χ0v) is 14.2. The molecule has 0 aliphatic rings. The van der Waals surface area contributed by atoms with Gasteiger partial charge in [0.1, 0.15) is 11.5 Å². The van der Waals surface area contributed by atoms with Crippen LogP contribution in [0.3, 0.4) is 0 Å². The van der Waals surface area contributed by atoms with E-state index in [4.69, 9.17) is 4.74 Å². The molecule has 0 saturated heterocycles. The molecule has 0 saturated carbocycles. The van der Waals surface area contributed by atoms with Gasteiger partial charge < -0.3 is 9.84 Å². The highest BCUT2D eigenvalue weighted by Gasteiger charge is 2.17. The zero-order chi connectivity index (χ0) is 17.7. The van der Waals surface area contributed by atoms with Crippen molar-refractivity contribution in [1.82, 2.24) is 0 Å². The average Bonchev–Trinajstić information content (AvgIpc) is 2.59. The molecule has 3 nitrogen and oxygen atoms in total. The first kappa shape index (κ1) is 17.5. The number of ketones is 1. The second-order valence-electron chi connectivity index (χ2n) is 6.13. The summed E-state index contributed by atoms with van der Waals surface area (Å²) >= 11 is 0. The molecule has 24 heavy (non-hydrogen) atoms. The molecule has 124 valence electrons. The monoisotopic (exact) mass is 322 g/mol. The summed E-state index contributed by atoms with van der Waals surface area (Å²) in [5.74, 6) is 0.704. The van der Waals surface area contributed by atoms with E-state index in [-0.39, 0.29) is 16.9 Å². The predicted octanol–water partition coefficient (Wildman–Crippen LogP) is 4.76. The molecule has 0 radical (unpaired) electrons. The van der Waals surface area contributed by atoms with Gasteiger partial charge in [-0.3, -0.25) is 4.79 Å². The van der Waals surface area contributed by atoms with Gasteiger partial charge in [-0.25, -0.2) is 0 Å². The highest BCUT2D eigenvalue weighted by molar-refractivity contribution is 6.07. The summed E-state index contributed by atoms with van der Waals surface area (Å²) in [4.78, 5) is 12.2. The van der Waals surface area contributed by atoms with Gasteiger partial charge in [0.15, 0.2) is 5.78 Å². The van der Waals surface area contributed by atoms with Crippen LogP contribution < -0.4 is 4.74 Å². The van der Waals surface area contributed by atoms with Gasteiger partial charge in [-0.05, 0) is 54.1 Å². The van der Waals surface area contributed by atoms with E-state index in [2.05, 4.69) is 20.4 Å². The third-order valence-corrected chi connectivity index (χ3v) is 4.05. The lowest BCUT2D eigenvalue weighted by atomic mass is 9.84. The lowest BCUT2D eigenvalue weighted by molar-refractivity contribution is 0.104. The van der Waals surface area contributed by atoms with Crippen LogP contribution in [0.15, 0.2) is 61.2 Å². The molecule has 0 atom stereocenters. The van der Waals surface area contributed by atoms with Gasteiger partial charge >= 0.3 is 0 Å². The molecular formula is C21H22O3. The average molecular weight is 322 g/mol. The maximum absolute atomic E-state index is 12.2. The highest BCUT2D eigenvalue weighted by Crippen LogP contribution is 2.30. The first-order chi connectivity index (χ1) is 11.4. The topological polar surface area (TPSA) is 46.5 Å². The van der Waals surface area contributed by atoms with Crippen molar-refractivity contribution in [2.24, 2.45) is 0 Å². The maximum atomic E-state index is 12.2. The lowest BCUT2D eigenvalue weighted by Crippen LogP contribution is -2.13. The Labute approximate surface area is 142 Å². The zero-order valence-electron chi connectivity index (χ0n) is 14.2. The molecule has 0 aromatic heterocycles. The third-order valence-electron chi connectivity index (χ3n) is 4.05. The van der Waals surface area contributed by atoms with E-state index in [9.17, 15) is 9.90 Å². The first-order valence-corrected chi connectivity index (χ1v) is 7.71. The standard InChI is InChI=1S/C21H22O3/c1-5-21(2,3)17-9-13-20(24-4)16(14-17)8-12-19(23)15-6-10-18(22)11-7-15/h5-14,22H,1H2,2-4H3/b12-8+. The quantitative estimate of drug-likeness (QED) is 0.474. The van der Waals surface area contributed by atoms with Crippen molar-refractivity contribution in [3.05, 3.63) is 77.9 Å². The second-order valence-corrected chi connectivity index (χ2v) is 6.13. The van der Waals surface area contributed by atoms with Crippen LogP contribution in [-0.2, 0) is 5.41 Å². The van der Waals surface area contributed by atoms with Crippen LogP contribution in [0.5, 0.6) is 11.5 Å². The van der Waals surface area contributed by atoms with Crippen molar-refractivity contribution >= 4 is 11.9 Å². The number of phenolic OH excluding ortho intramolecular Hbond substituents is 1. The van der Waals surface area contributed by atoms with Crippen molar-refractivity contribution in [3.8, 4) is 11.5 Å². The highest BCUT2D eigenvalue weighted by atomic mass is 16.5. The van der Waals surface area contributed by atoms with Crippen LogP contribution in [0.1, 0.15) is 35.3 Å². The number of aromatic hydroxyl groups is 1. The van der Waals surface area contributed by atoms with E-state index < -0.39 is 0 Å². The fourth-order valence-electron chi connectivity index (χ4n) is 2.27. The van der Waals surface area contributed by atoms with Gasteiger partial charge in [0.25, 0.3) is 0 Å². The number of phenols is 1. The van der Waals surface area contributed by atoms with E-state index in [1.807, 2.05) is 24.3 Å². The number of allylic oxidation sites excluding steroid dienone is 2. The number of rotatable bonds is 6. The number of carbonyl (C=O) groups excluding carboxylic acids is 1. The molecular weight excluding hydrogens is 300 g/mol.